The Kier molecular flexibility index (Phi) is 4.04. The third-order valence-corrected chi connectivity index (χ3v) is 4.13. The summed E-state index contributed by atoms with van der Waals surface area (Å²) in [5.74, 6) is 1.82. The van der Waals surface area contributed by atoms with Crippen molar-refractivity contribution in [2.24, 2.45) is 17.6 Å². The van der Waals surface area contributed by atoms with Crippen LogP contribution >= 0.6 is 0 Å². The van der Waals surface area contributed by atoms with Gasteiger partial charge in [-0.2, -0.15) is 0 Å². The van der Waals surface area contributed by atoms with Crippen molar-refractivity contribution < 1.29 is 0 Å². The first-order valence-corrected chi connectivity index (χ1v) is 6.77. The predicted octanol–water partition coefficient (Wildman–Crippen LogP) is 2.24. The molecule has 2 aliphatic carbocycles. The van der Waals surface area contributed by atoms with Crippen LogP contribution < -0.4 is 5.73 Å². The van der Waals surface area contributed by atoms with E-state index in [2.05, 4.69) is 11.8 Å². The summed E-state index contributed by atoms with van der Waals surface area (Å²) in [4.78, 5) is 2.57. The molecule has 0 spiro atoms. The van der Waals surface area contributed by atoms with Crippen molar-refractivity contribution in [1.29, 1.82) is 0 Å². The maximum atomic E-state index is 6.31. The molecule has 88 valence electrons. The number of hydrogen-bond donors (Lipinski definition) is 1. The van der Waals surface area contributed by atoms with Crippen molar-refractivity contribution >= 4 is 0 Å². The van der Waals surface area contributed by atoms with E-state index in [-0.39, 0.29) is 0 Å². The molecule has 2 fully saturated rings. The normalized spacial score (nSPS) is 25.0. The van der Waals surface area contributed by atoms with Gasteiger partial charge in [0.15, 0.2) is 0 Å². The van der Waals surface area contributed by atoms with E-state index in [0.29, 0.717) is 6.04 Å². The third kappa shape index (κ3) is 3.46. The fraction of sp³-hybridized carbons (Fsp3) is 1.00. The first kappa shape index (κ1) is 11.4. The Morgan fingerprint density at radius 1 is 1.20 bits per heavy atom. The highest BCUT2D eigenvalue weighted by Gasteiger charge is 2.27. The van der Waals surface area contributed by atoms with E-state index >= 15 is 0 Å². The van der Waals surface area contributed by atoms with Crippen LogP contribution in [-0.4, -0.2) is 30.6 Å². The second kappa shape index (κ2) is 5.31. The third-order valence-electron chi connectivity index (χ3n) is 4.13. The number of nitrogens with two attached hydrogens (primary N) is 1. The fourth-order valence-electron chi connectivity index (χ4n) is 2.83. The Balaban J connectivity index is 1.71. The molecular formula is C13H26N2. The van der Waals surface area contributed by atoms with Crippen molar-refractivity contribution in [2.45, 2.75) is 51.5 Å². The second-order valence-corrected chi connectivity index (χ2v) is 5.50. The largest absolute Gasteiger partial charge is 0.326 e. The molecule has 0 aromatic rings. The van der Waals surface area contributed by atoms with Crippen LogP contribution in [0.2, 0.25) is 0 Å². The lowest BCUT2D eigenvalue weighted by Gasteiger charge is -2.27. The van der Waals surface area contributed by atoms with E-state index in [0.717, 1.165) is 18.4 Å². The molecule has 15 heavy (non-hydrogen) atoms. The van der Waals surface area contributed by atoms with E-state index in [9.17, 15) is 0 Å². The van der Waals surface area contributed by atoms with Gasteiger partial charge >= 0.3 is 0 Å². The van der Waals surface area contributed by atoms with Crippen LogP contribution in [0, 0.1) is 11.8 Å². The molecule has 0 aromatic heterocycles. The van der Waals surface area contributed by atoms with Crippen LogP contribution in [0.4, 0.5) is 0 Å². The van der Waals surface area contributed by atoms with Gasteiger partial charge in [-0.1, -0.05) is 19.8 Å². The number of likely N-dealkylation sites (N-methyl/N-ethyl adjacent to an activating group) is 1. The molecule has 0 aromatic carbocycles. The molecule has 1 unspecified atom stereocenters. The predicted molar refractivity (Wildman–Crippen MR) is 64.8 cm³/mol. The van der Waals surface area contributed by atoms with Gasteiger partial charge < -0.3 is 10.6 Å². The maximum absolute atomic E-state index is 6.31. The zero-order chi connectivity index (χ0) is 10.7. The van der Waals surface area contributed by atoms with Gasteiger partial charge in [0.25, 0.3) is 0 Å². The minimum Gasteiger partial charge on any atom is -0.326 e. The van der Waals surface area contributed by atoms with Gasteiger partial charge in [0, 0.05) is 19.1 Å². The summed E-state index contributed by atoms with van der Waals surface area (Å²) in [5.41, 5.74) is 6.31. The summed E-state index contributed by atoms with van der Waals surface area (Å²) in [6.45, 7) is 5.88. The molecule has 0 saturated heterocycles. The number of rotatable bonds is 6. The molecule has 2 heteroatoms. The highest BCUT2D eigenvalue weighted by molar-refractivity contribution is 4.83. The highest BCUT2D eigenvalue weighted by atomic mass is 15.1. The first-order valence-electron chi connectivity index (χ1n) is 6.77. The molecule has 2 nitrogen and oxygen atoms in total. The van der Waals surface area contributed by atoms with E-state index in [1.165, 1.54) is 51.6 Å². The standard InChI is InChI=1S/C13H26N2/c1-2-15(9-11-7-8-11)10-13(14)12-5-3-4-6-12/h11-13H,2-10,14H2,1H3. The van der Waals surface area contributed by atoms with Crippen LogP contribution in [0.25, 0.3) is 0 Å². The topological polar surface area (TPSA) is 29.3 Å². The molecule has 2 N–H and O–H groups in total. The minimum atomic E-state index is 0.436. The molecule has 2 aliphatic rings. The number of hydrogen-bond acceptors (Lipinski definition) is 2. The lowest BCUT2D eigenvalue weighted by Crippen LogP contribution is -2.42. The second-order valence-electron chi connectivity index (χ2n) is 5.50. The van der Waals surface area contributed by atoms with Gasteiger partial charge in [0.05, 0.1) is 0 Å². The summed E-state index contributed by atoms with van der Waals surface area (Å²) >= 11 is 0. The smallest absolute Gasteiger partial charge is 0.0196 e. The van der Waals surface area contributed by atoms with Crippen LogP contribution in [0.3, 0.4) is 0 Å². The van der Waals surface area contributed by atoms with E-state index in [1.807, 2.05) is 0 Å². The molecule has 2 rings (SSSR count). The van der Waals surface area contributed by atoms with Crippen molar-refractivity contribution in [2.75, 3.05) is 19.6 Å². The van der Waals surface area contributed by atoms with Gasteiger partial charge in [-0.05, 0) is 44.1 Å². The van der Waals surface area contributed by atoms with E-state index in [4.69, 9.17) is 5.73 Å². The van der Waals surface area contributed by atoms with Crippen LogP contribution in [0.1, 0.15) is 45.4 Å². The Labute approximate surface area is 94.2 Å². The molecule has 0 bridgehead atoms. The van der Waals surface area contributed by atoms with Crippen molar-refractivity contribution in [1.82, 2.24) is 4.90 Å². The molecule has 1 atom stereocenters. The summed E-state index contributed by atoms with van der Waals surface area (Å²) in [6.07, 6.45) is 8.48. The Morgan fingerprint density at radius 2 is 1.87 bits per heavy atom. The fourth-order valence-corrected chi connectivity index (χ4v) is 2.83. The van der Waals surface area contributed by atoms with Crippen molar-refractivity contribution in [3.05, 3.63) is 0 Å². The molecule has 2 saturated carbocycles. The van der Waals surface area contributed by atoms with Gasteiger partial charge in [0.2, 0.25) is 0 Å². The lowest BCUT2D eigenvalue weighted by molar-refractivity contribution is 0.231. The summed E-state index contributed by atoms with van der Waals surface area (Å²) < 4.78 is 0. The SMILES string of the molecule is CCN(CC1CC1)CC(N)C1CCCC1. The minimum absolute atomic E-state index is 0.436. The monoisotopic (exact) mass is 210 g/mol. The van der Waals surface area contributed by atoms with Gasteiger partial charge in [-0.15, -0.1) is 0 Å². The highest BCUT2D eigenvalue weighted by Crippen LogP contribution is 2.31. The quantitative estimate of drug-likeness (QED) is 0.728. The molecule has 0 heterocycles. The zero-order valence-corrected chi connectivity index (χ0v) is 10.1. The lowest BCUT2D eigenvalue weighted by atomic mass is 9.98. The summed E-state index contributed by atoms with van der Waals surface area (Å²) in [7, 11) is 0. The number of nitrogens with zero attached hydrogens (tertiary/aromatic N) is 1. The van der Waals surface area contributed by atoms with Gasteiger partial charge in [0.1, 0.15) is 0 Å². The Morgan fingerprint density at radius 3 is 2.40 bits per heavy atom. The van der Waals surface area contributed by atoms with Crippen LogP contribution in [0.15, 0.2) is 0 Å². The Bertz CT molecular complexity index is 183. The Hall–Kier alpha value is -0.0800. The maximum Gasteiger partial charge on any atom is 0.0196 e. The van der Waals surface area contributed by atoms with E-state index in [1.54, 1.807) is 0 Å². The van der Waals surface area contributed by atoms with Crippen LogP contribution in [0.5, 0.6) is 0 Å². The van der Waals surface area contributed by atoms with Gasteiger partial charge in [-0.25, -0.2) is 0 Å². The summed E-state index contributed by atoms with van der Waals surface area (Å²) in [5, 5.41) is 0. The van der Waals surface area contributed by atoms with Crippen molar-refractivity contribution in [3.8, 4) is 0 Å². The average Bonchev–Trinajstić information content (AvgIpc) is 2.88. The van der Waals surface area contributed by atoms with Crippen molar-refractivity contribution in [3.63, 3.8) is 0 Å². The molecular weight excluding hydrogens is 184 g/mol. The van der Waals surface area contributed by atoms with Gasteiger partial charge in [-0.3, -0.25) is 0 Å². The average molecular weight is 210 g/mol. The van der Waals surface area contributed by atoms with E-state index < -0.39 is 0 Å². The molecule has 0 radical (unpaired) electrons. The zero-order valence-electron chi connectivity index (χ0n) is 10.1. The molecule has 0 amide bonds. The van der Waals surface area contributed by atoms with Crippen LogP contribution in [-0.2, 0) is 0 Å². The first-order chi connectivity index (χ1) is 7.29. The summed E-state index contributed by atoms with van der Waals surface area (Å²) in [6, 6.07) is 0.436. The molecule has 0 aliphatic heterocycles.